The Hall–Kier alpha value is -2.13. The monoisotopic (exact) mass is 471 g/mol. The van der Waals surface area contributed by atoms with Gasteiger partial charge in [0.25, 0.3) is 0 Å². The van der Waals surface area contributed by atoms with Crippen molar-refractivity contribution < 1.29 is 33.4 Å². The van der Waals surface area contributed by atoms with Crippen molar-refractivity contribution in [3.05, 3.63) is 28.5 Å². The standard InChI is InChI=1S/C20H26BrNO7/c1-6-28-16(24)7-8-20(15(23)12-27-5,18(26)29-19(2,3)4)17(25)13-9-14(21)11-22-10-13/h9-11H,6-8,12H2,1-5H3. The number of pyridine rings is 1. The molecule has 0 saturated heterocycles. The van der Waals surface area contributed by atoms with Crippen LogP contribution in [0.5, 0.6) is 0 Å². The Morgan fingerprint density at radius 3 is 2.31 bits per heavy atom. The highest BCUT2D eigenvalue weighted by Crippen LogP contribution is 2.34. The summed E-state index contributed by atoms with van der Waals surface area (Å²) >= 11 is 3.22. The number of carbonyl (C=O) groups is 4. The molecule has 29 heavy (non-hydrogen) atoms. The van der Waals surface area contributed by atoms with Gasteiger partial charge in [0.2, 0.25) is 0 Å². The molecule has 9 heteroatoms. The maximum Gasteiger partial charge on any atom is 0.328 e. The number of ketones is 2. The summed E-state index contributed by atoms with van der Waals surface area (Å²) in [6.07, 6.45) is 1.97. The number of rotatable bonds is 10. The first-order valence-electron chi connectivity index (χ1n) is 9.04. The number of esters is 2. The van der Waals surface area contributed by atoms with Gasteiger partial charge in [0.15, 0.2) is 17.0 Å². The van der Waals surface area contributed by atoms with Crippen LogP contribution in [0.15, 0.2) is 22.9 Å². The first-order valence-corrected chi connectivity index (χ1v) is 9.84. The molecule has 0 N–H and O–H groups in total. The Kier molecular flexibility index (Phi) is 9.10. The number of halogens is 1. The highest BCUT2D eigenvalue weighted by Gasteiger charge is 2.54. The molecule has 1 unspecified atom stereocenters. The summed E-state index contributed by atoms with van der Waals surface area (Å²) < 4.78 is 15.7. The minimum Gasteiger partial charge on any atom is -0.466 e. The largest absolute Gasteiger partial charge is 0.466 e. The van der Waals surface area contributed by atoms with Crippen molar-refractivity contribution in [3.63, 3.8) is 0 Å². The van der Waals surface area contributed by atoms with Gasteiger partial charge in [-0.3, -0.25) is 24.2 Å². The second-order valence-electron chi connectivity index (χ2n) is 7.29. The molecule has 0 radical (unpaired) electrons. The van der Waals surface area contributed by atoms with Gasteiger partial charge in [0.1, 0.15) is 12.2 Å². The maximum absolute atomic E-state index is 13.4. The summed E-state index contributed by atoms with van der Waals surface area (Å²) in [5, 5.41) is 0. The Bertz CT molecular complexity index is 772. The van der Waals surface area contributed by atoms with Crippen molar-refractivity contribution >= 4 is 39.4 Å². The first-order chi connectivity index (χ1) is 13.5. The lowest BCUT2D eigenvalue weighted by Gasteiger charge is -2.32. The van der Waals surface area contributed by atoms with E-state index in [1.54, 1.807) is 27.7 Å². The number of nitrogens with zero attached hydrogens (tertiary/aromatic N) is 1. The molecule has 0 amide bonds. The van der Waals surface area contributed by atoms with Crippen LogP contribution in [0.2, 0.25) is 0 Å². The van der Waals surface area contributed by atoms with E-state index in [0.717, 1.165) is 0 Å². The molecule has 1 aromatic rings. The van der Waals surface area contributed by atoms with Crippen molar-refractivity contribution in [2.24, 2.45) is 5.41 Å². The van der Waals surface area contributed by atoms with E-state index in [1.807, 2.05) is 0 Å². The number of Topliss-reactive ketones (excluding diaryl/α,β-unsaturated/α-hetero) is 2. The summed E-state index contributed by atoms with van der Waals surface area (Å²) in [6, 6.07) is 1.44. The van der Waals surface area contributed by atoms with Gasteiger partial charge >= 0.3 is 11.9 Å². The zero-order chi connectivity index (χ0) is 22.2. The molecular weight excluding hydrogens is 446 g/mol. The molecule has 0 aliphatic heterocycles. The molecule has 0 aromatic carbocycles. The fraction of sp³-hybridized carbons (Fsp3) is 0.550. The summed E-state index contributed by atoms with van der Waals surface area (Å²) in [5.41, 5.74) is -3.20. The molecule has 0 saturated carbocycles. The zero-order valence-electron chi connectivity index (χ0n) is 17.2. The molecule has 1 heterocycles. The predicted molar refractivity (Wildman–Crippen MR) is 107 cm³/mol. The number of hydrogen-bond donors (Lipinski definition) is 0. The van der Waals surface area contributed by atoms with E-state index >= 15 is 0 Å². The molecule has 0 aliphatic carbocycles. The third kappa shape index (κ3) is 6.71. The van der Waals surface area contributed by atoms with Crippen LogP contribution < -0.4 is 0 Å². The Morgan fingerprint density at radius 1 is 1.14 bits per heavy atom. The average Bonchev–Trinajstić information content (AvgIpc) is 2.61. The summed E-state index contributed by atoms with van der Waals surface area (Å²) in [7, 11) is 1.27. The van der Waals surface area contributed by atoms with E-state index in [1.165, 1.54) is 25.6 Å². The second kappa shape index (κ2) is 10.6. The van der Waals surface area contributed by atoms with Crippen LogP contribution in [0.25, 0.3) is 0 Å². The van der Waals surface area contributed by atoms with Gasteiger partial charge in [-0.1, -0.05) is 0 Å². The average molecular weight is 472 g/mol. The van der Waals surface area contributed by atoms with E-state index < -0.39 is 47.5 Å². The van der Waals surface area contributed by atoms with Crippen LogP contribution in [-0.2, 0) is 28.6 Å². The van der Waals surface area contributed by atoms with Crippen LogP contribution in [0.1, 0.15) is 50.9 Å². The smallest absolute Gasteiger partial charge is 0.328 e. The van der Waals surface area contributed by atoms with Gasteiger partial charge in [-0.2, -0.15) is 0 Å². The molecule has 1 aromatic heterocycles. The van der Waals surface area contributed by atoms with Gasteiger partial charge in [-0.25, -0.2) is 0 Å². The van der Waals surface area contributed by atoms with E-state index in [2.05, 4.69) is 20.9 Å². The van der Waals surface area contributed by atoms with Crippen molar-refractivity contribution in [1.29, 1.82) is 0 Å². The van der Waals surface area contributed by atoms with Crippen molar-refractivity contribution in [1.82, 2.24) is 4.98 Å². The summed E-state index contributed by atoms with van der Waals surface area (Å²) in [4.78, 5) is 55.5. The Balaban J connectivity index is 3.53. The van der Waals surface area contributed by atoms with Gasteiger partial charge < -0.3 is 14.2 Å². The molecule has 160 valence electrons. The first kappa shape index (κ1) is 24.9. The minimum atomic E-state index is -2.27. The number of methoxy groups -OCH3 is 1. The molecule has 8 nitrogen and oxygen atoms in total. The van der Waals surface area contributed by atoms with E-state index in [9.17, 15) is 19.2 Å². The van der Waals surface area contributed by atoms with E-state index in [4.69, 9.17) is 14.2 Å². The van der Waals surface area contributed by atoms with Gasteiger partial charge in [0.05, 0.1) is 6.61 Å². The van der Waals surface area contributed by atoms with E-state index in [-0.39, 0.29) is 18.6 Å². The Morgan fingerprint density at radius 2 is 1.79 bits per heavy atom. The maximum atomic E-state index is 13.4. The van der Waals surface area contributed by atoms with Crippen LogP contribution in [0.3, 0.4) is 0 Å². The van der Waals surface area contributed by atoms with E-state index in [0.29, 0.717) is 4.47 Å². The van der Waals surface area contributed by atoms with Crippen LogP contribution in [-0.4, -0.2) is 54.4 Å². The van der Waals surface area contributed by atoms with Crippen LogP contribution in [0, 0.1) is 5.41 Å². The van der Waals surface area contributed by atoms with Crippen molar-refractivity contribution in [3.8, 4) is 0 Å². The molecular formula is C20H26BrNO7. The fourth-order valence-electron chi connectivity index (χ4n) is 2.61. The van der Waals surface area contributed by atoms with Crippen molar-refractivity contribution in [2.75, 3.05) is 20.3 Å². The highest BCUT2D eigenvalue weighted by atomic mass is 79.9. The lowest BCUT2D eigenvalue weighted by atomic mass is 9.73. The molecule has 0 bridgehead atoms. The fourth-order valence-corrected chi connectivity index (χ4v) is 2.98. The lowest BCUT2D eigenvalue weighted by molar-refractivity contribution is -0.168. The van der Waals surface area contributed by atoms with Gasteiger partial charge in [-0.05, 0) is 56.1 Å². The molecule has 1 rings (SSSR count). The Labute approximate surface area is 178 Å². The molecule has 0 spiro atoms. The highest BCUT2D eigenvalue weighted by molar-refractivity contribution is 9.10. The molecule has 0 fully saturated rings. The topological polar surface area (TPSA) is 109 Å². The number of ether oxygens (including phenoxy) is 3. The van der Waals surface area contributed by atoms with Crippen molar-refractivity contribution in [2.45, 2.75) is 46.1 Å². The third-order valence-corrected chi connectivity index (χ3v) is 4.30. The van der Waals surface area contributed by atoms with Gasteiger partial charge in [-0.15, -0.1) is 0 Å². The molecule has 1 atom stereocenters. The quantitative estimate of drug-likeness (QED) is 0.291. The predicted octanol–water partition coefficient (Wildman–Crippen LogP) is 2.91. The van der Waals surface area contributed by atoms with Crippen LogP contribution >= 0.6 is 15.9 Å². The summed E-state index contributed by atoms with van der Waals surface area (Å²) in [5.74, 6) is -3.29. The number of carbonyl (C=O) groups excluding carboxylic acids is 4. The van der Waals surface area contributed by atoms with Crippen LogP contribution in [0.4, 0.5) is 0 Å². The minimum absolute atomic E-state index is 0.0264. The third-order valence-electron chi connectivity index (χ3n) is 3.86. The zero-order valence-corrected chi connectivity index (χ0v) is 18.8. The number of hydrogen-bond acceptors (Lipinski definition) is 8. The second-order valence-corrected chi connectivity index (χ2v) is 8.21. The summed E-state index contributed by atoms with van der Waals surface area (Å²) in [6.45, 7) is 6.11. The van der Waals surface area contributed by atoms with Gasteiger partial charge in [0, 0.05) is 36.0 Å². The number of aromatic nitrogens is 1. The SMILES string of the molecule is CCOC(=O)CCC(C(=O)COC)(C(=O)OC(C)(C)C)C(=O)c1cncc(Br)c1. The normalized spacial score (nSPS) is 13.3. The lowest BCUT2D eigenvalue weighted by Crippen LogP contribution is -2.51. The molecule has 0 aliphatic rings.